The molecule has 2 heterocycles. The van der Waals surface area contributed by atoms with E-state index >= 15 is 0 Å². The lowest BCUT2D eigenvalue weighted by Crippen LogP contribution is -2.43. The molecule has 0 atom stereocenters. The van der Waals surface area contributed by atoms with Gasteiger partial charge in [0.15, 0.2) is 9.84 Å². The minimum Gasteiger partial charge on any atom is -0.468 e. The number of sulfone groups is 1. The van der Waals surface area contributed by atoms with Gasteiger partial charge in [-0.1, -0.05) is 0 Å². The molecule has 1 N–H and O–H groups in total. The normalized spacial score (nSPS) is 20.5. The summed E-state index contributed by atoms with van der Waals surface area (Å²) in [6.07, 6.45) is 1.66. The van der Waals surface area contributed by atoms with Crippen molar-refractivity contribution >= 4 is 9.84 Å². The number of hydrogen-bond acceptors (Lipinski definition) is 5. The Hall–Kier alpha value is -0.850. The van der Waals surface area contributed by atoms with Crippen molar-refractivity contribution in [2.45, 2.75) is 6.54 Å². The Morgan fingerprint density at radius 1 is 1.35 bits per heavy atom. The first-order chi connectivity index (χ1) is 8.16. The van der Waals surface area contributed by atoms with Gasteiger partial charge in [0.25, 0.3) is 0 Å². The van der Waals surface area contributed by atoms with E-state index in [0.717, 1.165) is 25.4 Å². The van der Waals surface area contributed by atoms with Crippen molar-refractivity contribution in [3.8, 4) is 0 Å². The molecule has 1 saturated heterocycles. The predicted molar refractivity (Wildman–Crippen MR) is 65.5 cm³/mol. The van der Waals surface area contributed by atoms with E-state index in [4.69, 9.17) is 4.42 Å². The summed E-state index contributed by atoms with van der Waals surface area (Å²) in [5.74, 6) is 1.52. The van der Waals surface area contributed by atoms with E-state index in [2.05, 4.69) is 10.2 Å². The predicted octanol–water partition coefficient (Wildman–Crippen LogP) is 0.0996. The van der Waals surface area contributed by atoms with Gasteiger partial charge in [-0.15, -0.1) is 0 Å². The summed E-state index contributed by atoms with van der Waals surface area (Å²) >= 11 is 0. The van der Waals surface area contributed by atoms with Crippen LogP contribution in [0.4, 0.5) is 0 Å². The lowest BCUT2D eigenvalue weighted by atomic mass is 10.4. The van der Waals surface area contributed by atoms with Gasteiger partial charge in [-0.2, -0.15) is 0 Å². The van der Waals surface area contributed by atoms with Crippen molar-refractivity contribution in [1.29, 1.82) is 0 Å². The highest BCUT2D eigenvalue weighted by Crippen LogP contribution is 2.03. The third kappa shape index (κ3) is 4.14. The van der Waals surface area contributed by atoms with Crippen molar-refractivity contribution in [3.63, 3.8) is 0 Å². The number of hydrogen-bond donors (Lipinski definition) is 1. The molecule has 0 bridgehead atoms. The van der Waals surface area contributed by atoms with Crippen LogP contribution in [0.25, 0.3) is 0 Å². The Kier molecular flexibility index (Phi) is 4.20. The molecule has 1 fully saturated rings. The molecule has 5 nitrogen and oxygen atoms in total. The smallest absolute Gasteiger partial charge is 0.152 e. The van der Waals surface area contributed by atoms with Gasteiger partial charge in [0.05, 0.1) is 24.3 Å². The molecule has 17 heavy (non-hydrogen) atoms. The molecular formula is C11H18N2O3S. The lowest BCUT2D eigenvalue weighted by molar-refractivity contribution is 0.292. The summed E-state index contributed by atoms with van der Waals surface area (Å²) in [4.78, 5) is 2.18. The molecule has 0 aromatic carbocycles. The Morgan fingerprint density at radius 2 is 2.12 bits per heavy atom. The molecule has 96 valence electrons. The molecule has 0 unspecified atom stereocenters. The summed E-state index contributed by atoms with van der Waals surface area (Å²) in [6.45, 7) is 3.77. The largest absolute Gasteiger partial charge is 0.468 e. The Labute approximate surface area is 102 Å². The number of rotatable bonds is 5. The summed E-state index contributed by atoms with van der Waals surface area (Å²) in [7, 11) is -2.76. The highest BCUT2D eigenvalue weighted by Gasteiger charge is 2.20. The van der Waals surface area contributed by atoms with Gasteiger partial charge in [-0.05, 0) is 12.1 Å². The number of nitrogens with one attached hydrogen (secondary N) is 1. The Morgan fingerprint density at radius 3 is 2.76 bits per heavy atom. The molecule has 0 radical (unpaired) electrons. The maximum Gasteiger partial charge on any atom is 0.152 e. The average Bonchev–Trinajstić information content (AvgIpc) is 2.79. The van der Waals surface area contributed by atoms with Crippen LogP contribution in [-0.2, 0) is 16.4 Å². The quantitative estimate of drug-likeness (QED) is 0.759. The molecule has 1 aliphatic heterocycles. The first-order valence-electron chi connectivity index (χ1n) is 5.82. The average molecular weight is 258 g/mol. The van der Waals surface area contributed by atoms with E-state index in [-0.39, 0.29) is 0 Å². The minimum atomic E-state index is -2.76. The van der Waals surface area contributed by atoms with Crippen LogP contribution in [0.1, 0.15) is 5.76 Å². The maximum atomic E-state index is 11.2. The molecule has 2 rings (SSSR count). The zero-order valence-electron chi connectivity index (χ0n) is 9.76. The molecule has 0 amide bonds. The van der Waals surface area contributed by atoms with Crippen LogP contribution in [0.5, 0.6) is 0 Å². The maximum absolute atomic E-state index is 11.2. The molecule has 0 saturated carbocycles. The molecule has 1 aliphatic rings. The van der Waals surface area contributed by atoms with E-state index in [1.165, 1.54) is 0 Å². The minimum absolute atomic E-state index is 0.297. The molecule has 6 heteroatoms. The fourth-order valence-electron chi connectivity index (χ4n) is 1.84. The fourth-order valence-corrected chi connectivity index (χ4v) is 3.11. The molecule has 1 aromatic rings. The highest BCUT2D eigenvalue weighted by atomic mass is 32.2. The number of nitrogens with zero attached hydrogens (tertiary/aromatic N) is 1. The fraction of sp³-hybridized carbons (Fsp3) is 0.636. The second kappa shape index (κ2) is 5.66. The van der Waals surface area contributed by atoms with Gasteiger partial charge in [-0.25, -0.2) is 8.42 Å². The van der Waals surface area contributed by atoms with E-state index in [1.54, 1.807) is 6.26 Å². The van der Waals surface area contributed by atoms with Crippen LogP contribution in [0.3, 0.4) is 0 Å². The van der Waals surface area contributed by atoms with Gasteiger partial charge in [0.1, 0.15) is 5.76 Å². The van der Waals surface area contributed by atoms with Crippen molar-refractivity contribution in [3.05, 3.63) is 24.2 Å². The third-order valence-corrected chi connectivity index (χ3v) is 4.53. The van der Waals surface area contributed by atoms with Gasteiger partial charge in [0, 0.05) is 26.2 Å². The molecule has 0 aliphatic carbocycles. The second-order valence-electron chi connectivity index (χ2n) is 4.25. The SMILES string of the molecule is O=S1(=O)CCN(CCNCc2ccco2)CC1. The van der Waals surface area contributed by atoms with E-state index < -0.39 is 9.84 Å². The van der Waals surface area contributed by atoms with Crippen molar-refractivity contribution < 1.29 is 12.8 Å². The van der Waals surface area contributed by atoms with E-state index in [0.29, 0.717) is 24.6 Å². The van der Waals surface area contributed by atoms with Crippen molar-refractivity contribution in [2.24, 2.45) is 0 Å². The van der Waals surface area contributed by atoms with Crippen LogP contribution in [-0.4, -0.2) is 51.0 Å². The van der Waals surface area contributed by atoms with Crippen LogP contribution in [0.2, 0.25) is 0 Å². The molecule has 0 spiro atoms. The standard InChI is InChI=1S/C11H18N2O3S/c14-17(15)8-5-13(6-9-17)4-3-12-10-11-2-1-7-16-11/h1-2,7,12H,3-6,8-10H2. The topological polar surface area (TPSA) is 62.6 Å². The Balaban J connectivity index is 1.60. The zero-order valence-corrected chi connectivity index (χ0v) is 10.6. The van der Waals surface area contributed by atoms with Crippen LogP contribution in [0, 0.1) is 0 Å². The Bertz CT molecular complexity index is 414. The summed E-state index contributed by atoms with van der Waals surface area (Å²) in [5.41, 5.74) is 0. The van der Waals surface area contributed by atoms with Crippen molar-refractivity contribution in [1.82, 2.24) is 10.2 Å². The molecule has 1 aromatic heterocycles. The van der Waals surface area contributed by atoms with Crippen LogP contribution in [0.15, 0.2) is 22.8 Å². The van der Waals surface area contributed by atoms with Crippen molar-refractivity contribution in [2.75, 3.05) is 37.7 Å². The monoisotopic (exact) mass is 258 g/mol. The zero-order chi connectivity index (χ0) is 12.1. The van der Waals surface area contributed by atoms with Crippen LogP contribution < -0.4 is 5.32 Å². The summed E-state index contributed by atoms with van der Waals surface area (Å²) in [5, 5.41) is 3.27. The second-order valence-corrected chi connectivity index (χ2v) is 6.55. The van der Waals surface area contributed by atoms with E-state index in [1.807, 2.05) is 12.1 Å². The third-order valence-electron chi connectivity index (χ3n) is 2.92. The lowest BCUT2D eigenvalue weighted by Gasteiger charge is -2.26. The van der Waals surface area contributed by atoms with Gasteiger partial charge in [-0.3, -0.25) is 0 Å². The molecular weight excluding hydrogens is 240 g/mol. The number of furan rings is 1. The first kappa shape index (κ1) is 12.6. The van der Waals surface area contributed by atoms with Gasteiger partial charge >= 0.3 is 0 Å². The van der Waals surface area contributed by atoms with Gasteiger partial charge < -0.3 is 14.6 Å². The highest BCUT2D eigenvalue weighted by molar-refractivity contribution is 7.91. The first-order valence-corrected chi connectivity index (χ1v) is 7.64. The van der Waals surface area contributed by atoms with E-state index in [9.17, 15) is 8.42 Å². The van der Waals surface area contributed by atoms with Gasteiger partial charge in [0.2, 0.25) is 0 Å². The summed E-state index contributed by atoms with van der Waals surface area (Å²) < 4.78 is 27.7. The summed E-state index contributed by atoms with van der Waals surface area (Å²) in [6, 6.07) is 3.80. The van der Waals surface area contributed by atoms with Crippen LogP contribution >= 0.6 is 0 Å².